The number of carbonyl (C=O) groups excluding carboxylic acids is 2. The molecular formula is C16H33NO4. The fraction of sp³-hybridized carbons (Fsp3) is 0.750. The van der Waals surface area contributed by atoms with Crippen molar-refractivity contribution < 1.29 is 19.1 Å². The molecule has 0 aromatic heterocycles. The summed E-state index contributed by atoms with van der Waals surface area (Å²) in [4.78, 5) is 24.0. The summed E-state index contributed by atoms with van der Waals surface area (Å²) >= 11 is 0. The fourth-order valence-electron chi connectivity index (χ4n) is 1.39. The number of esters is 2. The summed E-state index contributed by atoms with van der Waals surface area (Å²) in [5.74, 6) is -0.465. The van der Waals surface area contributed by atoms with Crippen LogP contribution in [0, 0.1) is 0 Å². The van der Waals surface area contributed by atoms with Crippen molar-refractivity contribution in [2.45, 2.75) is 54.1 Å². The van der Waals surface area contributed by atoms with E-state index in [1.165, 1.54) is 6.92 Å². The molecule has 0 saturated carbocycles. The van der Waals surface area contributed by atoms with E-state index in [1.54, 1.807) is 6.08 Å². The summed E-state index contributed by atoms with van der Waals surface area (Å²) in [7, 11) is 3.95. The summed E-state index contributed by atoms with van der Waals surface area (Å²) in [5.41, 5.74) is 0. The Morgan fingerprint density at radius 3 is 2.33 bits per heavy atom. The van der Waals surface area contributed by atoms with Crippen LogP contribution in [-0.2, 0) is 19.1 Å². The lowest BCUT2D eigenvalue weighted by Crippen LogP contribution is -2.17. The second-order valence-corrected chi connectivity index (χ2v) is 4.72. The van der Waals surface area contributed by atoms with E-state index in [1.807, 2.05) is 32.0 Å². The first kappa shape index (κ1) is 24.6. The summed E-state index contributed by atoms with van der Waals surface area (Å²) in [6.07, 6.45) is 5.32. The van der Waals surface area contributed by atoms with Crippen molar-refractivity contribution >= 4 is 11.9 Å². The third-order valence-corrected chi connectivity index (χ3v) is 2.34. The van der Waals surface area contributed by atoms with Crippen LogP contribution in [0.2, 0.25) is 0 Å². The van der Waals surface area contributed by atoms with E-state index in [9.17, 15) is 9.59 Å². The smallest absolute Gasteiger partial charge is 0.306 e. The highest BCUT2D eigenvalue weighted by molar-refractivity contribution is 5.69. The van der Waals surface area contributed by atoms with E-state index in [-0.39, 0.29) is 39.5 Å². The zero-order valence-corrected chi connectivity index (χ0v) is 12.3. The van der Waals surface area contributed by atoms with Crippen molar-refractivity contribution in [1.82, 2.24) is 4.90 Å². The highest BCUT2D eigenvalue weighted by Gasteiger charge is 2.07. The number of rotatable bonds is 9. The molecule has 0 rings (SSSR count). The second-order valence-electron chi connectivity index (χ2n) is 4.72. The fourth-order valence-corrected chi connectivity index (χ4v) is 1.39. The summed E-state index contributed by atoms with van der Waals surface area (Å²) in [5, 5.41) is 0. The number of nitrogens with zero attached hydrogens (tertiary/aromatic N) is 1. The standard InChI is InChI=1S/C14H25NO4.2CH4/c1-12(8-5-6-11-18-13(2)16)19-14(17)9-7-10-15(3)4;;/h5-6,12H,7-11H2,1-4H3;2*1H4/b6-5+;;. The summed E-state index contributed by atoms with van der Waals surface area (Å²) < 4.78 is 9.99. The second kappa shape index (κ2) is 15.0. The van der Waals surface area contributed by atoms with Crippen LogP contribution >= 0.6 is 0 Å². The normalized spacial score (nSPS) is 11.5. The Morgan fingerprint density at radius 2 is 1.81 bits per heavy atom. The molecule has 0 fully saturated rings. The van der Waals surface area contributed by atoms with E-state index >= 15 is 0 Å². The molecule has 5 heteroatoms. The van der Waals surface area contributed by atoms with E-state index in [0.29, 0.717) is 12.8 Å². The molecule has 0 aliphatic heterocycles. The Kier molecular flexibility index (Phi) is 17.6. The van der Waals surface area contributed by atoms with Crippen LogP contribution < -0.4 is 0 Å². The van der Waals surface area contributed by atoms with Gasteiger partial charge >= 0.3 is 11.9 Å². The summed E-state index contributed by atoms with van der Waals surface area (Å²) in [6.45, 7) is 4.36. The minimum absolute atomic E-state index is 0. The predicted molar refractivity (Wildman–Crippen MR) is 87.2 cm³/mol. The minimum Gasteiger partial charge on any atom is -0.462 e. The molecule has 1 atom stereocenters. The molecule has 0 bridgehead atoms. The molecule has 0 aromatic rings. The lowest BCUT2D eigenvalue weighted by molar-refractivity contribution is -0.148. The molecule has 0 amide bonds. The zero-order valence-electron chi connectivity index (χ0n) is 12.3. The van der Waals surface area contributed by atoms with Crippen LogP contribution in [0.4, 0.5) is 0 Å². The molecule has 0 aliphatic rings. The Bertz CT molecular complexity index is 301. The van der Waals surface area contributed by atoms with Crippen LogP contribution in [0.3, 0.4) is 0 Å². The molecule has 5 nitrogen and oxygen atoms in total. The summed E-state index contributed by atoms with van der Waals surface area (Å²) in [6, 6.07) is 0. The molecule has 0 heterocycles. The molecule has 126 valence electrons. The molecule has 1 unspecified atom stereocenters. The van der Waals surface area contributed by atoms with Gasteiger partial charge in [-0.2, -0.15) is 0 Å². The largest absolute Gasteiger partial charge is 0.462 e. The first-order valence-corrected chi connectivity index (χ1v) is 6.54. The van der Waals surface area contributed by atoms with Gasteiger partial charge in [0.2, 0.25) is 0 Å². The molecule has 0 spiro atoms. The van der Waals surface area contributed by atoms with Gasteiger partial charge in [0.1, 0.15) is 12.7 Å². The third kappa shape index (κ3) is 18.6. The van der Waals surface area contributed by atoms with E-state index < -0.39 is 0 Å². The van der Waals surface area contributed by atoms with Crippen molar-refractivity contribution in [1.29, 1.82) is 0 Å². The number of hydrogen-bond donors (Lipinski definition) is 0. The molecule has 21 heavy (non-hydrogen) atoms. The van der Waals surface area contributed by atoms with Gasteiger partial charge in [0.15, 0.2) is 0 Å². The van der Waals surface area contributed by atoms with E-state index in [4.69, 9.17) is 9.47 Å². The Hall–Kier alpha value is -1.36. The molecule has 0 saturated heterocycles. The van der Waals surface area contributed by atoms with E-state index in [0.717, 1.165) is 13.0 Å². The predicted octanol–water partition coefficient (Wildman–Crippen LogP) is 3.04. The van der Waals surface area contributed by atoms with Crippen molar-refractivity contribution in [3.05, 3.63) is 12.2 Å². The van der Waals surface area contributed by atoms with Gasteiger partial charge in [-0.1, -0.05) is 27.0 Å². The SMILES string of the molecule is C.C.CC(=O)OC/C=C/CC(C)OC(=O)CCCN(C)C. The Morgan fingerprint density at radius 1 is 1.19 bits per heavy atom. The maximum atomic E-state index is 11.5. The van der Waals surface area contributed by atoms with Gasteiger partial charge in [-0.15, -0.1) is 0 Å². The minimum atomic E-state index is -0.301. The van der Waals surface area contributed by atoms with Crippen LogP contribution in [0.5, 0.6) is 0 Å². The average molecular weight is 303 g/mol. The van der Waals surface area contributed by atoms with Crippen molar-refractivity contribution in [2.24, 2.45) is 0 Å². The molecular weight excluding hydrogens is 270 g/mol. The Balaban J connectivity index is -0.00000162. The number of ether oxygens (including phenoxy) is 2. The maximum absolute atomic E-state index is 11.5. The van der Waals surface area contributed by atoms with Crippen molar-refractivity contribution in [3.63, 3.8) is 0 Å². The van der Waals surface area contributed by atoms with Gasteiger partial charge in [0.05, 0.1) is 0 Å². The van der Waals surface area contributed by atoms with Crippen molar-refractivity contribution in [3.8, 4) is 0 Å². The van der Waals surface area contributed by atoms with E-state index in [2.05, 4.69) is 0 Å². The van der Waals surface area contributed by atoms with Crippen LogP contribution in [-0.4, -0.2) is 50.2 Å². The van der Waals surface area contributed by atoms with Crippen LogP contribution in [0.15, 0.2) is 12.2 Å². The lowest BCUT2D eigenvalue weighted by Gasteiger charge is -2.12. The highest BCUT2D eigenvalue weighted by atomic mass is 16.5. The maximum Gasteiger partial charge on any atom is 0.306 e. The number of carbonyl (C=O) groups is 2. The quantitative estimate of drug-likeness (QED) is 0.484. The average Bonchev–Trinajstić information content (AvgIpc) is 2.27. The topological polar surface area (TPSA) is 55.8 Å². The van der Waals surface area contributed by atoms with Gasteiger partial charge in [-0.05, 0) is 34.0 Å². The van der Waals surface area contributed by atoms with Gasteiger partial charge in [-0.3, -0.25) is 9.59 Å². The van der Waals surface area contributed by atoms with Gasteiger partial charge in [0.25, 0.3) is 0 Å². The van der Waals surface area contributed by atoms with Crippen LogP contribution in [0.1, 0.15) is 48.0 Å². The number of hydrogen-bond acceptors (Lipinski definition) is 5. The monoisotopic (exact) mass is 303 g/mol. The zero-order chi connectivity index (χ0) is 14.7. The van der Waals surface area contributed by atoms with Gasteiger partial charge in [-0.25, -0.2) is 0 Å². The Labute approximate surface area is 130 Å². The first-order valence-electron chi connectivity index (χ1n) is 6.54. The lowest BCUT2D eigenvalue weighted by atomic mass is 10.2. The van der Waals surface area contributed by atoms with Gasteiger partial charge in [0, 0.05) is 19.8 Å². The first-order chi connectivity index (χ1) is 8.91. The third-order valence-electron chi connectivity index (χ3n) is 2.34. The molecule has 0 N–H and O–H groups in total. The molecule has 0 aromatic carbocycles. The van der Waals surface area contributed by atoms with Gasteiger partial charge < -0.3 is 14.4 Å². The highest BCUT2D eigenvalue weighted by Crippen LogP contribution is 2.03. The molecule has 0 aliphatic carbocycles. The van der Waals surface area contributed by atoms with Crippen LogP contribution in [0.25, 0.3) is 0 Å². The van der Waals surface area contributed by atoms with Crippen molar-refractivity contribution in [2.75, 3.05) is 27.2 Å². The molecule has 0 radical (unpaired) electrons.